The molecule has 1 heterocycles. The van der Waals surface area contributed by atoms with Crippen LogP contribution in [-0.2, 0) is 9.59 Å². The number of fused-ring (bicyclic) bond motifs is 1. The minimum absolute atomic E-state index is 0.0308. The third-order valence-electron chi connectivity index (χ3n) is 3.79. The van der Waals surface area contributed by atoms with E-state index in [1.165, 1.54) is 0 Å². The number of rotatable bonds is 6. The summed E-state index contributed by atoms with van der Waals surface area (Å²) in [6.07, 6.45) is 0.142. The third kappa shape index (κ3) is 4.11. The van der Waals surface area contributed by atoms with Crippen molar-refractivity contribution in [3.05, 3.63) is 48.5 Å². The van der Waals surface area contributed by atoms with Crippen molar-refractivity contribution in [2.24, 2.45) is 0 Å². The number of hydrogen-bond acceptors (Lipinski definition) is 5. The Balaban J connectivity index is 1.59. The summed E-state index contributed by atoms with van der Waals surface area (Å²) in [6, 6.07) is 15.9. The van der Waals surface area contributed by atoms with E-state index in [0.717, 1.165) is 0 Å². The largest absolute Gasteiger partial charge is 0.482 e. The van der Waals surface area contributed by atoms with Crippen LogP contribution in [0, 0.1) is 11.3 Å². The molecule has 2 amide bonds. The van der Waals surface area contributed by atoms with Crippen molar-refractivity contribution in [1.82, 2.24) is 0 Å². The van der Waals surface area contributed by atoms with Gasteiger partial charge in [0, 0.05) is 24.7 Å². The number of anilines is 2. The smallest absolute Gasteiger partial charge is 0.265 e. The number of nitrogens with zero attached hydrogens (tertiary/aromatic N) is 2. The molecule has 1 aliphatic heterocycles. The summed E-state index contributed by atoms with van der Waals surface area (Å²) in [4.78, 5) is 25.9. The Labute approximate surface area is 150 Å². The SMILES string of the molecule is N#CCOc1cccc(NC(=O)CCN2C(=O)COc3ccccc32)c1. The summed E-state index contributed by atoms with van der Waals surface area (Å²) in [5.41, 5.74) is 1.24. The highest BCUT2D eigenvalue weighted by Gasteiger charge is 2.25. The Morgan fingerprint density at radius 1 is 1.27 bits per heavy atom. The molecule has 132 valence electrons. The molecular formula is C19H17N3O4. The number of amides is 2. The first-order valence-electron chi connectivity index (χ1n) is 8.09. The molecule has 1 aliphatic rings. The summed E-state index contributed by atoms with van der Waals surface area (Å²) in [5.74, 6) is 0.735. The summed E-state index contributed by atoms with van der Waals surface area (Å²) in [5, 5.41) is 11.3. The van der Waals surface area contributed by atoms with Crippen molar-refractivity contribution in [3.63, 3.8) is 0 Å². The quantitative estimate of drug-likeness (QED) is 0.862. The molecule has 7 nitrogen and oxygen atoms in total. The van der Waals surface area contributed by atoms with Gasteiger partial charge in [0.2, 0.25) is 5.91 Å². The van der Waals surface area contributed by atoms with Crippen LogP contribution in [0.5, 0.6) is 11.5 Å². The first-order chi connectivity index (χ1) is 12.7. The predicted molar refractivity (Wildman–Crippen MR) is 95.1 cm³/mol. The number of para-hydroxylation sites is 2. The highest BCUT2D eigenvalue weighted by molar-refractivity contribution is 5.99. The van der Waals surface area contributed by atoms with Gasteiger partial charge in [0.05, 0.1) is 5.69 Å². The van der Waals surface area contributed by atoms with Crippen LogP contribution in [0.1, 0.15) is 6.42 Å². The molecule has 3 rings (SSSR count). The van der Waals surface area contributed by atoms with Gasteiger partial charge >= 0.3 is 0 Å². The molecule has 0 saturated carbocycles. The zero-order chi connectivity index (χ0) is 18.4. The fraction of sp³-hybridized carbons (Fsp3) is 0.211. The monoisotopic (exact) mass is 351 g/mol. The molecule has 0 aromatic heterocycles. The van der Waals surface area contributed by atoms with Gasteiger partial charge in [-0.15, -0.1) is 0 Å². The molecule has 0 bridgehead atoms. The van der Waals surface area contributed by atoms with Crippen LogP contribution in [0.4, 0.5) is 11.4 Å². The molecular weight excluding hydrogens is 334 g/mol. The van der Waals surface area contributed by atoms with Crippen molar-refractivity contribution >= 4 is 23.2 Å². The molecule has 0 radical (unpaired) electrons. The number of carbonyl (C=O) groups excluding carboxylic acids is 2. The number of nitrogens with one attached hydrogen (secondary N) is 1. The second-order valence-electron chi connectivity index (χ2n) is 5.57. The Morgan fingerprint density at radius 2 is 2.12 bits per heavy atom. The predicted octanol–water partition coefficient (Wildman–Crippen LogP) is 2.34. The highest BCUT2D eigenvalue weighted by Crippen LogP contribution is 2.31. The van der Waals surface area contributed by atoms with Crippen LogP contribution in [-0.4, -0.2) is 31.6 Å². The molecule has 0 atom stereocenters. The lowest BCUT2D eigenvalue weighted by atomic mass is 10.2. The molecule has 0 unspecified atom stereocenters. The first kappa shape index (κ1) is 17.3. The second-order valence-corrected chi connectivity index (χ2v) is 5.57. The minimum Gasteiger partial charge on any atom is -0.482 e. The lowest BCUT2D eigenvalue weighted by molar-refractivity contribution is -0.121. The Kier molecular flexibility index (Phi) is 5.34. The van der Waals surface area contributed by atoms with Gasteiger partial charge in [-0.1, -0.05) is 18.2 Å². The van der Waals surface area contributed by atoms with Gasteiger partial charge in [-0.25, -0.2) is 0 Å². The molecule has 2 aromatic rings. The van der Waals surface area contributed by atoms with Crippen LogP contribution in [0.15, 0.2) is 48.5 Å². The molecule has 0 aliphatic carbocycles. The maximum atomic E-state index is 12.2. The van der Waals surface area contributed by atoms with E-state index in [4.69, 9.17) is 14.7 Å². The summed E-state index contributed by atoms with van der Waals surface area (Å²) in [6.45, 7) is 0.169. The van der Waals surface area contributed by atoms with E-state index in [0.29, 0.717) is 22.9 Å². The average Bonchev–Trinajstić information content (AvgIpc) is 2.66. The first-order valence-corrected chi connectivity index (χ1v) is 8.09. The van der Waals surface area contributed by atoms with Crippen molar-refractivity contribution in [3.8, 4) is 17.6 Å². The lowest BCUT2D eigenvalue weighted by Gasteiger charge is -2.29. The van der Waals surface area contributed by atoms with Crippen LogP contribution >= 0.6 is 0 Å². The van der Waals surface area contributed by atoms with Crippen molar-refractivity contribution in [1.29, 1.82) is 5.26 Å². The van der Waals surface area contributed by atoms with Crippen LogP contribution in [0.25, 0.3) is 0 Å². The summed E-state index contributed by atoms with van der Waals surface area (Å²) < 4.78 is 10.6. The van der Waals surface area contributed by atoms with E-state index in [-0.39, 0.29) is 38.0 Å². The Morgan fingerprint density at radius 3 is 2.96 bits per heavy atom. The second kappa shape index (κ2) is 8.03. The van der Waals surface area contributed by atoms with Crippen molar-refractivity contribution in [2.75, 3.05) is 30.0 Å². The third-order valence-corrected chi connectivity index (χ3v) is 3.79. The zero-order valence-electron chi connectivity index (χ0n) is 14.0. The standard InChI is InChI=1S/C19H17N3O4/c20-9-11-25-15-5-3-4-14(12-15)21-18(23)8-10-22-16-6-1-2-7-17(16)26-13-19(22)24/h1-7,12H,8,10-11,13H2,(H,21,23). The maximum Gasteiger partial charge on any atom is 0.265 e. The van der Waals surface area contributed by atoms with Gasteiger partial charge in [0.15, 0.2) is 13.2 Å². The normalized spacial score (nSPS) is 12.6. The van der Waals surface area contributed by atoms with Gasteiger partial charge in [-0.2, -0.15) is 5.26 Å². The van der Waals surface area contributed by atoms with Crippen LogP contribution in [0.2, 0.25) is 0 Å². The van der Waals surface area contributed by atoms with Crippen molar-refractivity contribution in [2.45, 2.75) is 6.42 Å². The van der Waals surface area contributed by atoms with Crippen LogP contribution in [0.3, 0.4) is 0 Å². The van der Waals surface area contributed by atoms with Gasteiger partial charge in [-0.3, -0.25) is 9.59 Å². The van der Waals surface area contributed by atoms with E-state index in [1.54, 1.807) is 41.3 Å². The molecule has 2 aromatic carbocycles. The number of benzene rings is 2. The number of hydrogen-bond donors (Lipinski definition) is 1. The number of carbonyl (C=O) groups is 2. The van der Waals surface area contributed by atoms with Gasteiger partial charge < -0.3 is 19.7 Å². The summed E-state index contributed by atoms with van der Waals surface area (Å²) in [7, 11) is 0. The minimum atomic E-state index is -0.223. The molecule has 26 heavy (non-hydrogen) atoms. The van der Waals surface area contributed by atoms with E-state index in [2.05, 4.69) is 5.32 Å². The van der Waals surface area contributed by atoms with Crippen LogP contribution < -0.4 is 19.7 Å². The topological polar surface area (TPSA) is 91.7 Å². The molecule has 0 spiro atoms. The van der Waals surface area contributed by atoms with E-state index >= 15 is 0 Å². The fourth-order valence-corrected chi connectivity index (χ4v) is 2.62. The van der Waals surface area contributed by atoms with E-state index < -0.39 is 0 Å². The fourth-order valence-electron chi connectivity index (χ4n) is 2.62. The molecule has 0 saturated heterocycles. The molecule has 0 fully saturated rings. The Bertz CT molecular complexity index is 860. The zero-order valence-corrected chi connectivity index (χ0v) is 14.0. The maximum absolute atomic E-state index is 12.2. The highest BCUT2D eigenvalue weighted by atomic mass is 16.5. The van der Waals surface area contributed by atoms with E-state index in [1.807, 2.05) is 18.2 Å². The van der Waals surface area contributed by atoms with Gasteiger partial charge in [0.1, 0.15) is 17.6 Å². The van der Waals surface area contributed by atoms with Gasteiger partial charge in [-0.05, 0) is 24.3 Å². The number of ether oxygens (including phenoxy) is 2. The van der Waals surface area contributed by atoms with E-state index in [9.17, 15) is 9.59 Å². The number of nitriles is 1. The van der Waals surface area contributed by atoms with Crippen molar-refractivity contribution < 1.29 is 19.1 Å². The van der Waals surface area contributed by atoms with Gasteiger partial charge in [0.25, 0.3) is 5.91 Å². The average molecular weight is 351 g/mol. The Hall–Kier alpha value is -3.53. The molecule has 7 heteroatoms. The summed E-state index contributed by atoms with van der Waals surface area (Å²) >= 11 is 0. The molecule has 1 N–H and O–H groups in total. The lowest BCUT2D eigenvalue weighted by Crippen LogP contribution is -2.40.